The number of nitrogens with one attached hydrogen (secondary N) is 1. The number of aliphatic hydroxyl groups is 1. The van der Waals surface area contributed by atoms with E-state index in [1.807, 2.05) is 0 Å². The number of hydrogen-bond donors (Lipinski definition) is 3. The van der Waals surface area contributed by atoms with E-state index < -0.39 is 49.1 Å². The van der Waals surface area contributed by atoms with E-state index in [0.717, 1.165) is 20.8 Å². The normalized spacial score (nSPS) is 23.7. The number of aromatic nitrogens is 2. The average molecular weight is 593 g/mol. The highest BCUT2D eigenvalue weighted by Gasteiger charge is 2.45. The maximum absolute atomic E-state index is 14.9. The lowest BCUT2D eigenvalue weighted by molar-refractivity contribution is -0.149. The Morgan fingerprint density at radius 2 is 2.03 bits per heavy atom. The lowest BCUT2D eigenvalue weighted by atomic mass is 10.1. The Morgan fingerprint density at radius 1 is 1.34 bits per heavy atom. The summed E-state index contributed by atoms with van der Waals surface area (Å²) in [5, 5.41) is 11.7. The van der Waals surface area contributed by atoms with E-state index in [9.17, 15) is 19.1 Å². The minimum absolute atomic E-state index is 0.0250. The van der Waals surface area contributed by atoms with Gasteiger partial charge in [-0.1, -0.05) is 15.9 Å². The molecule has 1 aromatic heterocycles. The molecule has 1 aliphatic heterocycles. The molecule has 1 fully saturated rings. The van der Waals surface area contributed by atoms with Crippen LogP contribution in [0.3, 0.4) is 0 Å². The largest absolute Gasteiger partial charge is 0.462 e. The van der Waals surface area contributed by atoms with Crippen LogP contribution in [0.15, 0.2) is 45.8 Å². The number of nitrogens with two attached hydrogens (primary N) is 1. The molecular weight excluding hydrogens is 566 g/mol. The number of nitrogens with zero attached hydrogens (tertiary/aromatic N) is 2. The van der Waals surface area contributed by atoms with Crippen LogP contribution < -0.4 is 21.0 Å². The first-order valence-corrected chi connectivity index (χ1v) is 13.6. The highest BCUT2D eigenvalue weighted by molar-refractivity contribution is 9.10. The molecule has 1 aromatic carbocycles. The molecule has 192 valence electrons. The molecule has 0 amide bonds. The van der Waals surface area contributed by atoms with Crippen molar-refractivity contribution in [1.29, 1.82) is 0 Å². The van der Waals surface area contributed by atoms with Crippen LogP contribution in [0.4, 0.5) is 10.2 Å². The first kappa shape index (κ1) is 27.8. The molecule has 6 atom stereocenters. The van der Waals surface area contributed by atoms with Gasteiger partial charge < -0.3 is 24.6 Å². The summed E-state index contributed by atoms with van der Waals surface area (Å²) in [6.45, 7) is 4.99. The van der Waals surface area contributed by atoms with Crippen molar-refractivity contribution in [2.24, 2.45) is 0 Å². The molecule has 10 nitrogen and oxygen atoms in total. The Hall–Kier alpha value is -1.76. The van der Waals surface area contributed by atoms with Gasteiger partial charge >= 0.3 is 20.2 Å². The lowest BCUT2D eigenvalue weighted by Gasteiger charge is -2.24. The van der Waals surface area contributed by atoms with Gasteiger partial charge in [-0.05, 0) is 51.1 Å². The van der Waals surface area contributed by atoms with Crippen LogP contribution in [0, 0.1) is 0 Å². The number of aliphatic hydroxyl groups excluding tert-OH is 1. The molecule has 4 N–H and O–H groups in total. The highest BCUT2D eigenvalue weighted by atomic mass is 79.9. The predicted molar refractivity (Wildman–Crippen MR) is 136 cm³/mol. The van der Waals surface area contributed by atoms with Gasteiger partial charge in [0, 0.05) is 10.7 Å². The summed E-state index contributed by atoms with van der Waals surface area (Å²) >= 11 is 4.40. The third kappa shape index (κ3) is 7.61. The van der Waals surface area contributed by atoms with Crippen LogP contribution in [0.2, 0.25) is 0 Å². The van der Waals surface area contributed by atoms with Gasteiger partial charge in [-0.2, -0.15) is 4.98 Å². The fourth-order valence-electron chi connectivity index (χ4n) is 3.05. The van der Waals surface area contributed by atoms with E-state index >= 15 is 0 Å². The van der Waals surface area contributed by atoms with Crippen LogP contribution in [-0.2, 0) is 14.1 Å². The number of ether oxygens (including phenoxy) is 1. The minimum Gasteiger partial charge on any atom is -0.462 e. The Balaban J connectivity index is 1.69. The summed E-state index contributed by atoms with van der Waals surface area (Å²) in [6, 6.07) is 7.64. The van der Waals surface area contributed by atoms with E-state index in [4.69, 9.17) is 19.5 Å². The molecule has 0 spiro atoms. The second-order valence-electron chi connectivity index (χ2n) is 7.98. The molecular formula is C21H27BrFN4O6PS. The fourth-order valence-corrected chi connectivity index (χ4v) is 6.05. The third-order valence-electron chi connectivity index (χ3n) is 4.78. The molecule has 14 heteroatoms. The Morgan fingerprint density at radius 3 is 2.66 bits per heavy atom. The summed E-state index contributed by atoms with van der Waals surface area (Å²) in [7, 11) is -1.88. The van der Waals surface area contributed by atoms with Crippen molar-refractivity contribution in [3.05, 3.63) is 51.5 Å². The van der Waals surface area contributed by atoms with Crippen molar-refractivity contribution in [3.63, 3.8) is 0 Å². The summed E-state index contributed by atoms with van der Waals surface area (Å²) in [5.41, 5.74) is 4.80. The van der Waals surface area contributed by atoms with Gasteiger partial charge in [-0.15, -0.1) is 11.8 Å². The lowest BCUT2D eigenvalue weighted by Crippen LogP contribution is -2.36. The number of halogens is 2. The molecule has 2 aromatic rings. The van der Waals surface area contributed by atoms with Crippen molar-refractivity contribution < 1.29 is 28.1 Å². The SMILES string of the molecule is CC(C)OC(=O)C(C)NP(OCC1SC(n2ccc(N)nc2=O)C(F)[C@@H]1O)Oc1ccc(Br)cc1. The molecule has 5 unspecified atom stereocenters. The second-order valence-corrected chi connectivity index (χ2v) is 11.5. The molecule has 0 bridgehead atoms. The van der Waals surface area contributed by atoms with E-state index in [0.29, 0.717) is 5.75 Å². The van der Waals surface area contributed by atoms with Crippen LogP contribution in [0.5, 0.6) is 5.75 Å². The number of benzene rings is 1. The maximum atomic E-state index is 14.9. The van der Waals surface area contributed by atoms with E-state index in [1.165, 1.54) is 12.3 Å². The Kier molecular flexibility index (Phi) is 9.91. The number of alkyl halides is 1. The molecule has 2 heterocycles. The zero-order valence-electron chi connectivity index (χ0n) is 19.2. The highest BCUT2D eigenvalue weighted by Crippen LogP contribution is 2.45. The summed E-state index contributed by atoms with van der Waals surface area (Å²) in [6.07, 6.45) is -2.08. The van der Waals surface area contributed by atoms with Gasteiger partial charge in [-0.3, -0.25) is 9.36 Å². The molecule has 1 saturated heterocycles. The molecule has 1 aliphatic rings. The predicted octanol–water partition coefficient (Wildman–Crippen LogP) is 3.15. The molecule has 0 aliphatic carbocycles. The van der Waals surface area contributed by atoms with Crippen molar-refractivity contribution in [2.45, 2.75) is 55.8 Å². The summed E-state index contributed by atoms with van der Waals surface area (Å²) in [4.78, 5) is 28.0. The average Bonchev–Trinajstić information content (AvgIpc) is 3.07. The Labute approximate surface area is 215 Å². The summed E-state index contributed by atoms with van der Waals surface area (Å²) in [5.74, 6) is 0.0264. The van der Waals surface area contributed by atoms with E-state index in [1.54, 1.807) is 45.0 Å². The number of esters is 1. The van der Waals surface area contributed by atoms with E-state index in [-0.39, 0.29) is 18.5 Å². The topological polar surface area (TPSA) is 138 Å². The maximum Gasteiger partial charge on any atom is 0.350 e. The third-order valence-corrected chi connectivity index (χ3v) is 8.20. The number of carbonyl (C=O) groups is 1. The molecule has 0 saturated carbocycles. The fraction of sp³-hybridized carbons (Fsp3) is 0.476. The molecule has 3 rings (SSSR count). The number of rotatable bonds is 10. The van der Waals surface area contributed by atoms with Crippen molar-refractivity contribution in [1.82, 2.24) is 14.6 Å². The van der Waals surface area contributed by atoms with Crippen LogP contribution in [-0.4, -0.2) is 56.9 Å². The number of hydrogen-bond acceptors (Lipinski definition) is 10. The van der Waals surface area contributed by atoms with Crippen molar-refractivity contribution >= 4 is 48.0 Å². The quantitative estimate of drug-likeness (QED) is 0.278. The second kappa shape index (κ2) is 12.5. The van der Waals surface area contributed by atoms with Crippen LogP contribution in [0.1, 0.15) is 26.1 Å². The number of thioether (sulfide) groups is 1. The van der Waals surface area contributed by atoms with Crippen LogP contribution >= 0.6 is 36.2 Å². The van der Waals surface area contributed by atoms with E-state index in [2.05, 4.69) is 26.0 Å². The number of carbonyl (C=O) groups excluding carboxylic acids is 1. The van der Waals surface area contributed by atoms with Gasteiger partial charge in [0.1, 0.15) is 29.1 Å². The zero-order chi connectivity index (χ0) is 25.7. The minimum atomic E-state index is -1.88. The first-order chi connectivity index (χ1) is 16.5. The standard InChI is InChI=1S/C21H27BrFN4O6PS/c1-11(2)32-20(29)12(3)26-34(33-14-6-4-13(22)5-7-14)31-10-15-18(28)17(23)19(35-15)27-9-8-16(24)25-21(27)30/h4-9,11-12,15,17-19,26,28H,10H2,1-3H3,(H2,24,25,30)/t12?,15?,17?,18-,19?,34?/m1/s1. The van der Waals surface area contributed by atoms with Crippen molar-refractivity contribution in [3.8, 4) is 5.75 Å². The summed E-state index contributed by atoms with van der Waals surface area (Å²) < 4.78 is 33.8. The van der Waals surface area contributed by atoms with Crippen molar-refractivity contribution in [2.75, 3.05) is 12.3 Å². The number of anilines is 1. The van der Waals surface area contributed by atoms with Gasteiger partial charge in [0.05, 0.1) is 18.0 Å². The van der Waals surface area contributed by atoms with Crippen LogP contribution in [0.25, 0.3) is 0 Å². The molecule has 35 heavy (non-hydrogen) atoms. The van der Waals surface area contributed by atoms with Gasteiger partial charge in [0.25, 0.3) is 0 Å². The zero-order valence-corrected chi connectivity index (χ0v) is 22.5. The Bertz CT molecular complexity index is 1060. The number of nitrogen functional groups attached to an aromatic ring is 1. The first-order valence-electron chi connectivity index (χ1n) is 10.7. The monoisotopic (exact) mass is 592 g/mol. The smallest absolute Gasteiger partial charge is 0.350 e. The molecule has 0 radical (unpaired) electrons. The van der Waals surface area contributed by atoms with Gasteiger partial charge in [-0.25, -0.2) is 14.3 Å². The van der Waals surface area contributed by atoms with Gasteiger partial charge in [0.2, 0.25) is 0 Å². The van der Waals surface area contributed by atoms with Gasteiger partial charge in [0.15, 0.2) is 6.17 Å².